The molecule has 1 aromatic heterocycles. The number of nitrogens with zero attached hydrogens (tertiary/aromatic N) is 1. The molecule has 0 bridgehead atoms. The second kappa shape index (κ2) is 7.69. The van der Waals surface area contributed by atoms with E-state index in [1.54, 1.807) is 13.8 Å². The Labute approximate surface area is 147 Å². The van der Waals surface area contributed by atoms with Crippen LogP contribution in [0.1, 0.15) is 35.5 Å². The van der Waals surface area contributed by atoms with E-state index in [0.29, 0.717) is 11.4 Å². The quantitative estimate of drug-likeness (QED) is 0.683. The Morgan fingerprint density at radius 1 is 1.35 bits per heavy atom. The van der Waals surface area contributed by atoms with Crippen LogP contribution in [-0.2, 0) is 10.9 Å². The molecule has 0 saturated heterocycles. The maximum atomic E-state index is 12.7. The fraction of sp³-hybridized carbons (Fsp3) is 0.353. The number of rotatable bonds is 6. The van der Waals surface area contributed by atoms with E-state index in [1.165, 1.54) is 19.2 Å². The maximum absolute atomic E-state index is 12.7. The third kappa shape index (κ3) is 4.48. The van der Waals surface area contributed by atoms with Gasteiger partial charge in [0.05, 0.1) is 17.9 Å². The van der Waals surface area contributed by atoms with Crippen LogP contribution in [0.15, 0.2) is 29.1 Å². The molecule has 0 aliphatic heterocycles. The standard InChI is InChI=1S/C17H19F3N4O2/c1-9(11-4-6-12(7-5-11)17(18,19)20)22-15-14(13(21)8-26-3)16(25)24-10(2)23-15/h4-7,9,21H,8H2,1-3H3,(H2,22,23,24,25). The van der Waals surface area contributed by atoms with Crippen LogP contribution in [0.4, 0.5) is 19.0 Å². The number of hydrogen-bond acceptors (Lipinski definition) is 5. The van der Waals surface area contributed by atoms with Crippen LogP contribution in [0.25, 0.3) is 0 Å². The van der Waals surface area contributed by atoms with Crippen molar-refractivity contribution in [3.05, 3.63) is 57.1 Å². The number of aromatic amines is 1. The number of methoxy groups -OCH3 is 1. The first-order chi connectivity index (χ1) is 12.1. The normalized spacial score (nSPS) is 12.7. The lowest BCUT2D eigenvalue weighted by Gasteiger charge is -2.18. The fourth-order valence-electron chi connectivity index (χ4n) is 2.44. The minimum atomic E-state index is -4.40. The van der Waals surface area contributed by atoms with Gasteiger partial charge in [-0.15, -0.1) is 0 Å². The molecule has 0 spiro atoms. The maximum Gasteiger partial charge on any atom is 0.416 e. The third-order valence-electron chi connectivity index (χ3n) is 3.72. The molecule has 1 atom stereocenters. The Kier molecular flexibility index (Phi) is 5.81. The van der Waals surface area contributed by atoms with Crippen molar-refractivity contribution in [3.8, 4) is 0 Å². The molecule has 0 amide bonds. The lowest BCUT2D eigenvalue weighted by atomic mass is 10.1. The van der Waals surface area contributed by atoms with E-state index in [2.05, 4.69) is 15.3 Å². The van der Waals surface area contributed by atoms with Crippen LogP contribution in [-0.4, -0.2) is 29.4 Å². The third-order valence-corrected chi connectivity index (χ3v) is 3.72. The van der Waals surface area contributed by atoms with Gasteiger partial charge < -0.3 is 20.4 Å². The number of ether oxygens (including phenoxy) is 1. The number of aromatic nitrogens is 2. The minimum Gasteiger partial charge on any atom is -0.378 e. The van der Waals surface area contributed by atoms with Gasteiger partial charge in [0.25, 0.3) is 5.56 Å². The predicted molar refractivity (Wildman–Crippen MR) is 91.8 cm³/mol. The molecule has 2 rings (SSSR count). The summed E-state index contributed by atoms with van der Waals surface area (Å²) in [7, 11) is 1.41. The molecule has 0 fully saturated rings. The van der Waals surface area contributed by atoms with Crippen LogP contribution in [0.2, 0.25) is 0 Å². The number of anilines is 1. The first kappa shape index (κ1) is 19.6. The van der Waals surface area contributed by atoms with Gasteiger partial charge in [0.15, 0.2) is 0 Å². The molecule has 1 unspecified atom stereocenters. The lowest BCUT2D eigenvalue weighted by molar-refractivity contribution is -0.137. The Bertz CT molecular complexity index is 845. The summed E-state index contributed by atoms with van der Waals surface area (Å²) in [6.07, 6.45) is -4.40. The van der Waals surface area contributed by atoms with E-state index in [4.69, 9.17) is 10.1 Å². The average molecular weight is 368 g/mol. The summed E-state index contributed by atoms with van der Waals surface area (Å²) in [5.74, 6) is 0.534. The highest BCUT2D eigenvalue weighted by Crippen LogP contribution is 2.30. The highest BCUT2D eigenvalue weighted by Gasteiger charge is 2.30. The van der Waals surface area contributed by atoms with Crippen molar-refractivity contribution in [2.24, 2.45) is 0 Å². The molecular formula is C17H19F3N4O2. The number of alkyl halides is 3. The zero-order chi connectivity index (χ0) is 19.5. The Hall–Kier alpha value is -2.68. The highest BCUT2D eigenvalue weighted by molar-refractivity contribution is 6.02. The molecule has 26 heavy (non-hydrogen) atoms. The molecule has 0 aliphatic rings. The van der Waals surface area contributed by atoms with Gasteiger partial charge >= 0.3 is 6.18 Å². The van der Waals surface area contributed by atoms with E-state index in [1.807, 2.05) is 0 Å². The van der Waals surface area contributed by atoms with E-state index >= 15 is 0 Å². The number of halogens is 3. The second-order valence-electron chi connectivity index (χ2n) is 5.77. The van der Waals surface area contributed by atoms with Crippen LogP contribution in [0.5, 0.6) is 0 Å². The van der Waals surface area contributed by atoms with Gasteiger partial charge in [0.2, 0.25) is 0 Å². The van der Waals surface area contributed by atoms with Gasteiger partial charge in [0, 0.05) is 13.2 Å². The van der Waals surface area contributed by atoms with Gasteiger partial charge in [0.1, 0.15) is 17.2 Å². The monoisotopic (exact) mass is 368 g/mol. The summed E-state index contributed by atoms with van der Waals surface area (Å²) in [5.41, 5.74) is -0.649. The number of hydrogen-bond donors (Lipinski definition) is 3. The molecule has 2 aromatic rings. The van der Waals surface area contributed by atoms with Crippen molar-refractivity contribution in [2.45, 2.75) is 26.1 Å². The zero-order valence-corrected chi connectivity index (χ0v) is 14.5. The van der Waals surface area contributed by atoms with Crippen molar-refractivity contribution in [2.75, 3.05) is 19.0 Å². The van der Waals surface area contributed by atoms with Crippen LogP contribution < -0.4 is 10.9 Å². The first-order valence-electron chi connectivity index (χ1n) is 7.74. The summed E-state index contributed by atoms with van der Waals surface area (Å²) in [6.45, 7) is 3.25. The van der Waals surface area contributed by atoms with E-state index in [9.17, 15) is 18.0 Å². The molecule has 9 heteroatoms. The summed E-state index contributed by atoms with van der Waals surface area (Å²) in [6, 6.07) is 4.29. The number of benzene rings is 1. The largest absolute Gasteiger partial charge is 0.416 e. The molecule has 1 aromatic carbocycles. The van der Waals surface area contributed by atoms with Gasteiger partial charge in [-0.25, -0.2) is 4.98 Å². The molecule has 1 heterocycles. The Morgan fingerprint density at radius 2 is 1.96 bits per heavy atom. The van der Waals surface area contributed by atoms with Crippen molar-refractivity contribution in [1.29, 1.82) is 5.41 Å². The topological polar surface area (TPSA) is 90.9 Å². The molecule has 3 N–H and O–H groups in total. The second-order valence-corrected chi connectivity index (χ2v) is 5.77. The number of H-pyrrole nitrogens is 1. The average Bonchev–Trinajstić information content (AvgIpc) is 2.53. The Morgan fingerprint density at radius 3 is 2.50 bits per heavy atom. The zero-order valence-electron chi connectivity index (χ0n) is 14.5. The van der Waals surface area contributed by atoms with Crippen LogP contribution in [0.3, 0.4) is 0 Å². The van der Waals surface area contributed by atoms with Crippen molar-refractivity contribution >= 4 is 11.5 Å². The van der Waals surface area contributed by atoms with Gasteiger partial charge in [-0.1, -0.05) is 12.1 Å². The van der Waals surface area contributed by atoms with Gasteiger partial charge in [-0.2, -0.15) is 13.2 Å². The first-order valence-corrected chi connectivity index (χ1v) is 7.74. The predicted octanol–water partition coefficient (Wildman–Crippen LogP) is 3.28. The summed E-state index contributed by atoms with van der Waals surface area (Å²) >= 11 is 0. The molecular weight excluding hydrogens is 349 g/mol. The fourth-order valence-corrected chi connectivity index (χ4v) is 2.44. The van der Waals surface area contributed by atoms with Crippen molar-refractivity contribution in [1.82, 2.24) is 9.97 Å². The van der Waals surface area contributed by atoms with E-state index in [0.717, 1.165) is 12.1 Å². The Balaban J connectivity index is 2.32. The number of nitrogens with one attached hydrogen (secondary N) is 3. The number of aryl methyl sites for hydroxylation is 1. The highest BCUT2D eigenvalue weighted by atomic mass is 19.4. The van der Waals surface area contributed by atoms with E-state index < -0.39 is 23.3 Å². The van der Waals surface area contributed by atoms with Crippen molar-refractivity contribution in [3.63, 3.8) is 0 Å². The smallest absolute Gasteiger partial charge is 0.378 e. The molecule has 0 saturated carbocycles. The van der Waals surface area contributed by atoms with Gasteiger partial charge in [-0.3, -0.25) is 4.79 Å². The molecule has 0 aliphatic carbocycles. The van der Waals surface area contributed by atoms with Crippen LogP contribution in [0, 0.1) is 12.3 Å². The lowest BCUT2D eigenvalue weighted by Crippen LogP contribution is -2.26. The van der Waals surface area contributed by atoms with Gasteiger partial charge in [-0.05, 0) is 31.5 Å². The summed E-state index contributed by atoms with van der Waals surface area (Å²) in [4.78, 5) is 18.9. The molecule has 140 valence electrons. The molecule has 0 radical (unpaired) electrons. The van der Waals surface area contributed by atoms with E-state index in [-0.39, 0.29) is 23.7 Å². The summed E-state index contributed by atoms with van der Waals surface area (Å²) < 4.78 is 42.9. The summed E-state index contributed by atoms with van der Waals surface area (Å²) in [5, 5.41) is 11.0. The SMILES string of the molecule is COCC(=N)c1c(NC(C)c2ccc(C(F)(F)F)cc2)nc(C)[nH]c1=O. The van der Waals surface area contributed by atoms with Crippen molar-refractivity contribution < 1.29 is 17.9 Å². The molecule has 6 nitrogen and oxygen atoms in total. The van der Waals surface area contributed by atoms with Crippen LogP contribution >= 0.6 is 0 Å². The minimum absolute atomic E-state index is 0.0382.